The van der Waals surface area contributed by atoms with Gasteiger partial charge in [0.25, 0.3) is 0 Å². The summed E-state index contributed by atoms with van der Waals surface area (Å²) in [5.41, 5.74) is -0.502. The summed E-state index contributed by atoms with van der Waals surface area (Å²) in [5.74, 6) is 0.00703. The third-order valence-electron chi connectivity index (χ3n) is 2.47. The zero-order valence-electron chi connectivity index (χ0n) is 14.8. The van der Waals surface area contributed by atoms with E-state index in [2.05, 4.69) is 10.2 Å². The highest BCUT2D eigenvalue weighted by Gasteiger charge is 2.15. The topological polar surface area (TPSA) is 89.0 Å². The van der Waals surface area contributed by atoms with Crippen LogP contribution < -0.4 is 4.74 Å². The molecule has 1 rings (SSSR count). The van der Waals surface area contributed by atoms with Gasteiger partial charge >= 0.3 is 5.97 Å². The van der Waals surface area contributed by atoms with E-state index >= 15 is 0 Å². The Morgan fingerprint density at radius 2 is 1.56 bits per heavy atom. The van der Waals surface area contributed by atoms with Crippen molar-refractivity contribution in [2.75, 3.05) is 46.2 Å². The number of esters is 1. The monoisotopic (exact) mass is 376 g/mol. The fraction of sp³-hybridized carbons (Fsp3) is 0.688. The first-order chi connectivity index (χ1) is 11.9. The van der Waals surface area contributed by atoms with Crippen molar-refractivity contribution in [3.8, 4) is 5.88 Å². The maximum atomic E-state index is 11.4. The number of hydrogen-bond acceptors (Lipinski definition) is 8. The van der Waals surface area contributed by atoms with Crippen LogP contribution in [0.2, 0.25) is 5.15 Å². The van der Waals surface area contributed by atoms with Crippen LogP contribution in [0.5, 0.6) is 5.88 Å². The number of carbonyl (C=O) groups is 1. The summed E-state index contributed by atoms with van der Waals surface area (Å²) in [5, 5.41) is 7.73. The molecule has 8 nitrogen and oxygen atoms in total. The molecular weight excluding hydrogens is 352 g/mol. The van der Waals surface area contributed by atoms with E-state index in [-0.39, 0.29) is 12.6 Å². The molecule has 142 valence electrons. The van der Waals surface area contributed by atoms with Gasteiger partial charge in [-0.25, -0.2) is 4.79 Å². The smallest absolute Gasteiger partial charge is 0.332 e. The van der Waals surface area contributed by atoms with Crippen molar-refractivity contribution in [3.05, 3.63) is 17.3 Å². The minimum atomic E-state index is -0.502. The molecular formula is C16H25ClN2O6. The standard InChI is InChI=1S/C16H25ClN2O6/c1-16(2,3)25-15(20)12-23-9-8-21-6-7-22-10-11-24-14-5-4-13(17)18-19-14/h4-5H,6-12H2,1-3H3. The minimum absolute atomic E-state index is 0.0813. The molecule has 1 heterocycles. The van der Waals surface area contributed by atoms with Crippen LogP contribution in [-0.4, -0.2) is 68.0 Å². The average molecular weight is 377 g/mol. The van der Waals surface area contributed by atoms with E-state index in [1.54, 1.807) is 12.1 Å². The average Bonchev–Trinajstić information content (AvgIpc) is 2.52. The van der Waals surface area contributed by atoms with Crippen LogP contribution in [0.15, 0.2) is 12.1 Å². The molecule has 0 bridgehead atoms. The molecule has 9 heteroatoms. The molecule has 25 heavy (non-hydrogen) atoms. The first-order valence-corrected chi connectivity index (χ1v) is 8.32. The molecule has 0 atom stereocenters. The summed E-state index contributed by atoms with van der Waals surface area (Å²) in [6, 6.07) is 3.24. The summed E-state index contributed by atoms with van der Waals surface area (Å²) in [6.07, 6.45) is 0. The highest BCUT2D eigenvalue weighted by molar-refractivity contribution is 6.29. The first-order valence-electron chi connectivity index (χ1n) is 7.94. The lowest BCUT2D eigenvalue weighted by Crippen LogP contribution is -2.27. The van der Waals surface area contributed by atoms with E-state index in [9.17, 15) is 4.79 Å². The van der Waals surface area contributed by atoms with E-state index in [4.69, 9.17) is 35.3 Å². The highest BCUT2D eigenvalue weighted by Crippen LogP contribution is 2.08. The van der Waals surface area contributed by atoms with Gasteiger partial charge in [0.2, 0.25) is 5.88 Å². The van der Waals surface area contributed by atoms with E-state index < -0.39 is 5.60 Å². The van der Waals surface area contributed by atoms with E-state index in [1.807, 2.05) is 20.8 Å². The lowest BCUT2D eigenvalue weighted by molar-refractivity contribution is -0.160. The van der Waals surface area contributed by atoms with Gasteiger partial charge in [0.15, 0.2) is 5.15 Å². The van der Waals surface area contributed by atoms with Crippen LogP contribution in [0, 0.1) is 0 Å². The van der Waals surface area contributed by atoms with Gasteiger partial charge in [-0.3, -0.25) is 0 Å². The predicted molar refractivity (Wildman–Crippen MR) is 90.8 cm³/mol. The molecule has 0 saturated carbocycles. The number of ether oxygens (including phenoxy) is 5. The second kappa shape index (κ2) is 12.0. The number of hydrogen-bond donors (Lipinski definition) is 0. The number of rotatable bonds is 12. The van der Waals surface area contributed by atoms with Gasteiger partial charge in [-0.1, -0.05) is 11.6 Å². The lowest BCUT2D eigenvalue weighted by Gasteiger charge is -2.19. The van der Waals surface area contributed by atoms with Crippen LogP contribution in [0.4, 0.5) is 0 Å². The number of carbonyl (C=O) groups excluding carboxylic acids is 1. The normalized spacial score (nSPS) is 11.4. The summed E-state index contributed by atoms with van der Waals surface area (Å²) in [7, 11) is 0. The lowest BCUT2D eigenvalue weighted by atomic mass is 10.2. The van der Waals surface area contributed by atoms with Gasteiger partial charge in [0.1, 0.15) is 18.8 Å². The van der Waals surface area contributed by atoms with Crippen molar-refractivity contribution in [2.45, 2.75) is 26.4 Å². The van der Waals surface area contributed by atoms with Crippen molar-refractivity contribution >= 4 is 17.6 Å². The van der Waals surface area contributed by atoms with Crippen molar-refractivity contribution in [1.82, 2.24) is 10.2 Å². The Morgan fingerprint density at radius 1 is 0.960 bits per heavy atom. The highest BCUT2D eigenvalue weighted by atomic mass is 35.5. The Labute approximate surface area is 152 Å². The fourth-order valence-corrected chi connectivity index (χ4v) is 1.65. The van der Waals surface area contributed by atoms with E-state index in [0.717, 1.165) is 0 Å². The fourth-order valence-electron chi connectivity index (χ4n) is 1.55. The van der Waals surface area contributed by atoms with Gasteiger partial charge in [-0.2, -0.15) is 0 Å². The molecule has 0 aromatic carbocycles. The van der Waals surface area contributed by atoms with E-state index in [1.165, 1.54) is 0 Å². The molecule has 0 aliphatic heterocycles. The molecule has 0 aliphatic rings. The quantitative estimate of drug-likeness (QED) is 0.403. The first kappa shape index (κ1) is 21.6. The molecule has 0 unspecified atom stereocenters. The predicted octanol–water partition coefficient (Wildman–Crippen LogP) is 1.90. The summed E-state index contributed by atoms with van der Waals surface area (Å²) >= 11 is 5.62. The van der Waals surface area contributed by atoms with Gasteiger partial charge in [-0.05, 0) is 26.8 Å². The Kier molecular flexibility index (Phi) is 10.3. The molecule has 0 aliphatic carbocycles. The third-order valence-corrected chi connectivity index (χ3v) is 2.67. The number of aromatic nitrogens is 2. The van der Waals surface area contributed by atoms with Gasteiger partial charge < -0.3 is 23.7 Å². The molecule has 1 aromatic rings. The second-order valence-electron chi connectivity index (χ2n) is 5.91. The van der Waals surface area contributed by atoms with Crippen LogP contribution in [-0.2, 0) is 23.7 Å². The van der Waals surface area contributed by atoms with Gasteiger partial charge in [0, 0.05) is 6.07 Å². The largest absolute Gasteiger partial charge is 0.474 e. The maximum absolute atomic E-state index is 11.4. The summed E-state index contributed by atoms with van der Waals surface area (Å²) < 4.78 is 26.2. The number of halogens is 1. The Balaban J connectivity index is 1.86. The maximum Gasteiger partial charge on any atom is 0.332 e. The van der Waals surface area contributed by atoms with Crippen molar-refractivity contribution in [1.29, 1.82) is 0 Å². The third kappa shape index (κ3) is 12.5. The molecule has 0 fully saturated rings. The summed E-state index contributed by atoms with van der Waals surface area (Å²) in [4.78, 5) is 11.4. The SMILES string of the molecule is CC(C)(C)OC(=O)COCCOCCOCCOc1ccc(Cl)nn1. The van der Waals surface area contributed by atoms with Crippen LogP contribution >= 0.6 is 11.6 Å². The zero-order chi connectivity index (χ0) is 18.5. The van der Waals surface area contributed by atoms with E-state index in [0.29, 0.717) is 50.7 Å². The van der Waals surface area contributed by atoms with Gasteiger partial charge in [-0.15, -0.1) is 10.2 Å². The molecule has 0 N–H and O–H groups in total. The Hall–Kier alpha value is -1.48. The second-order valence-corrected chi connectivity index (χ2v) is 6.29. The van der Waals surface area contributed by atoms with Crippen molar-refractivity contribution < 1.29 is 28.5 Å². The Morgan fingerprint density at radius 3 is 2.12 bits per heavy atom. The van der Waals surface area contributed by atoms with Crippen LogP contribution in [0.3, 0.4) is 0 Å². The molecule has 0 saturated heterocycles. The van der Waals surface area contributed by atoms with Crippen molar-refractivity contribution in [2.24, 2.45) is 0 Å². The van der Waals surface area contributed by atoms with Crippen molar-refractivity contribution in [3.63, 3.8) is 0 Å². The zero-order valence-corrected chi connectivity index (χ0v) is 15.6. The Bertz CT molecular complexity index is 492. The van der Waals surface area contributed by atoms with Crippen LogP contribution in [0.1, 0.15) is 20.8 Å². The van der Waals surface area contributed by atoms with Gasteiger partial charge in [0.05, 0.1) is 33.0 Å². The summed E-state index contributed by atoms with van der Waals surface area (Å²) in [6.45, 7) is 7.66. The molecule has 0 spiro atoms. The minimum Gasteiger partial charge on any atom is -0.474 e. The molecule has 0 amide bonds. The number of nitrogens with zero attached hydrogens (tertiary/aromatic N) is 2. The molecule has 0 radical (unpaired) electrons. The van der Waals surface area contributed by atoms with Crippen LogP contribution in [0.25, 0.3) is 0 Å². The molecule has 1 aromatic heterocycles.